The molecule has 0 saturated carbocycles. The van der Waals surface area contributed by atoms with Crippen molar-refractivity contribution in [3.05, 3.63) is 0 Å². The van der Waals surface area contributed by atoms with Gasteiger partial charge < -0.3 is 10.1 Å². The van der Waals surface area contributed by atoms with Gasteiger partial charge in [-0.3, -0.25) is 4.90 Å². The zero-order chi connectivity index (χ0) is 12.9. The summed E-state index contributed by atoms with van der Waals surface area (Å²) in [5.41, 5.74) is 0.0526. The van der Waals surface area contributed by atoms with E-state index in [4.69, 9.17) is 4.74 Å². The summed E-state index contributed by atoms with van der Waals surface area (Å²) in [7, 11) is 1.84. The van der Waals surface area contributed by atoms with E-state index in [1.165, 1.54) is 25.8 Å². The number of rotatable bonds is 6. The summed E-state index contributed by atoms with van der Waals surface area (Å²) in [6.45, 7) is 12.4. The Morgan fingerprint density at radius 3 is 2.65 bits per heavy atom. The second-order valence-electron chi connectivity index (χ2n) is 5.54. The molecule has 0 aromatic carbocycles. The molecule has 3 nitrogen and oxygen atoms in total. The number of likely N-dealkylation sites (tertiary alicyclic amines) is 1. The summed E-state index contributed by atoms with van der Waals surface area (Å²) in [5, 5.41) is 3.59. The van der Waals surface area contributed by atoms with Crippen molar-refractivity contribution in [3.8, 4) is 0 Å². The van der Waals surface area contributed by atoms with Crippen molar-refractivity contribution in [1.29, 1.82) is 0 Å². The Balaban J connectivity index is 2.58. The second-order valence-corrected chi connectivity index (χ2v) is 5.54. The molecule has 1 aliphatic heterocycles. The maximum Gasteiger partial charge on any atom is 0.0777 e. The Morgan fingerprint density at radius 2 is 2.12 bits per heavy atom. The first-order valence-electron chi connectivity index (χ1n) is 7.09. The fraction of sp³-hybridized carbons (Fsp3) is 1.00. The molecule has 0 spiro atoms. The minimum absolute atomic E-state index is 0.0526. The molecule has 3 unspecified atom stereocenters. The average Bonchev–Trinajstić information content (AvgIpc) is 2.35. The molecule has 3 atom stereocenters. The van der Waals surface area contributed by atoms with Gasteiger partial charge in [-0.2, -0.15) is 0 Å². The first-order chi connectivity index (χ1) is 8.06. The molecular weight excluding hydrogens is 212 g/mol. The van der Waals surface area contributed by atoms with E-state index >= 15 is 0 Å². The molecule has 1 saturated heterocycles. The van der Waals surface area contributed by atoms with E-state index in [0.717, 1.165) is 13.1 Å². The Bertz CT molecular complexity index is 222. The zero-order valence-corrected chi connectivity index (χ0v) is 12.3. The van der Waals surface area contributed by atoms with Gasteiger partial charge in [0.25, 0.3) is 0 Å². The Morgan fingerprint density at radius 1 is 1.41 bits per heavy atom. The average molecular weight is 242 g/mol. The van der Waals surface area contributed by atoms with Gasteiger partial charge in [0, 0.05) is 25.7 Å². The van der Waals surface area contributed by atoms with Crippen molar-refractivity contribution in [2.45, 2.75) is 64.6 Å². The largest absolute Gasteiger partial charge is 0.377 e. The molecule has 1 heterocycles. The summed E-state index contributed by atoms with van der Waals surface area (Å²) in [4.78, 5) is 2.59. The summed E-state index contributed by atoms with van der Waals surface area (Å²) >= 11 is 0. The molecule has 3 heteroatoms. The number of nitrogens with zero attached hydrogens (tertiary/aromatic N) is 1. The molecule has 1 N–H and O–H groups in total. The van der Waals surface area contributed by atoms with Gasteiger partial charge in [0.1, 0.15) is 0 Å². The minimum atomic E-state index is 0.0526. The van der Waals surface area contributed by atoms with Gasteiger partial charge in [0.2, 0.25) is 0 Å². The summed E-state index contributed by atoms with van der Waals surface area (Å²) in [5.74, 6) is 0. The minimum Gasteiger partial charge on any atom is -0.377 e. The Labute approximate surface area is 107 Å². The Kier molecular flexibility index (Phi) is 5.90. The van der Waals surface area contributed by atoms with E-state index in [1.807, 2.05) is 7.11 Å². The number of hydrogen-bond donors (Lipinski definition) is 1. The van der Waals surface area contributed by atoms with Crippen LogP contribution >= 0.6 is 0 Å². The number of methoxy groups -OCH3 is 1. The lowest BCUT2D eigenvalue weighted by molar-refractivity contribution is -0.0629. The first-order valence-corrected chi connectivity index (χ1v) is 7.09. The quantitative estimate of drug-likeness (QED) is 0.773. The van der Waals surface area contributed by atoms with Crippen molar-refractivity contribution in [2.75, 3.05) is 26.7 Å². The van der Waals surface area contributed by atoms with E-state index in [2.05, 4.69) is 37.9 Å². The fourth-order valence-corrected chi connectivity index (χ4v) is 2.93. The molecule has 0 aromatic rings. The Hall–Kier alpha value is -0.120. The molecule has 102 valence electrons. The van der Waals surface area contributed by atoms with E-state index in [0.29, 0.717) is 12.1 Å². The van der Waals surface area contributed by atoms with Crippen LogP contribution in [-0.4, -0.2) is 49.3 Å². The van der Waals surface area contributed by atoms with Gasteiger partial charge >= 0.3 is 0 Å². The van der Waals surface area contributed by atoms with Gasteiger partial charge in [-0.25, -0.2) is 0 Å². The third-order valence-corrected chi connectivity index (χ3v) is 4.25. The van der Waals surface area contributed by atoms with E-state index in [1.54, 1.807) is 0 Å². The third kappa shape index (κ3) is 3.94. The maximum absolute atomic E-state index is 5.67. The van der Waals surface area contributed by atoms with Crippen molar-refractivity contribution >= 4 is 0 Å². The van der Waals surface area contributed by atoms with Gasteiger partial charge in [0.05, 0.1) is 5.60 Å². The van der Waals surface area contributed by atoms with Gasteiger partial charge in [0.15, 0.2) is 0 Å². The highest BCUT2D eigenvalue weighted by atomic mass is 16.5. The van der Waals surface area contributed by atoms with Crippen molar-refractivity contribution in [3.63, 3.8) is 0 Å². The highest BCUT2D eigenvalue weighted by Crippen LogP contribution is 2.26. The van der Waals surface area contributed by atoms with Crippen LogP contribution < -0.4 is 5.32 Å². The van der Waals surface area contributed by atoms with E-state index in [9.17, 15) is 0 Å². The smallest absolute Gasteiger partial charge is 0.0777 e. The lowest BCUT2D eigenvalue weighted by Gasteiger charge is -2.44. The first kappa shape index (κ1) is 14.9. The standard InChI is InChI=1S/C14H30N2O/c1-6-13(15-7-2)12(3)16-10-8-9-14(4,11-16)17-5/h12-13,15H,6-11H2,1-5H3. The SMILES string of the molecule is CCNC(CC)C(C)N1CCCC(C)(OC)C1. The van der Waals surface area contributed by atoms with Crippen LogP contribution in [-0.2, 0) is 4.74 Å². The van der Waals surface area contributed by atoms with E-state index < -0.39 is 0 Å². The van der Waals surface area contributed by atoms with Crippen LogP contribution in [0.1, 0.15) is 47.0 Å². The fourth-order valence-electron chi connectivity index (χ4n) is 2.93. The molecule has 0 bridgehead atoms. The number of hydrogen-bond acceptors (Lipinski definition) is 3. The topological polar surface area (TPSA) is 24.5 Å². The number of nitrogens with one attached hydrogen (secondary N) is 1. The number of ether oxygens (including phenoxy) is 1. The molecule has 0 aliphatic carbocycles. The predicted octanol–water partition coefficient (Wildman–Crippen LogP) is 2.26. The molecule has 0 aromatic heterocycles. The van der Waals surface area contributed by atoms with Crippen LogP contribution in [0.15, 0.2) is 0 Å². The highest BCUT2D eigenvalue weighted by Gasteiger charge is 2.34. The van der Waals surface area contributed by atoms with Crippen LogP contribution in [0.3, 0.4) is 0 Å². The molecule has 17 heavy (non-hydrogen) atoms. The molecule has 1 rings (SSSR count). The predicted molar refractivity (Wildman–Crippen MR) is 73.4 cm³/mol. The zero-order valence-electron chi connectivity index (χ0n) is 12.3. The molecular formula is C14H30N2O. The maximum atomic E-state index is 5.67. The summed E-state index contributed by atoms with van der Waals surface area (Å²) in [6.07, 6.45) is 3.62. The van der Waals surface area contributed by atoms with Gasteiger partial charge in [-0.1, -0.05) is 13.8 Å². The normalized spacial score (nSPS) is 30.2. The lowest BCUT2D eigenvalue weighted by atomic mass is 9.92. The van der Waals surface area contributed by atoms with Crippen LogP contribution in [0, 0.1) is 0 Å². The monoisotopic (exact) mass is 242 g/mol. The highest BCUT2D eigenvalue weighted by molar-refractivity contribution is 4.90. The molecule has 1 aliphatic rings. The number of likely N-dealkylation sites (N-methyl/N-ethyl adjacent to an activating group) is 1. The third-order valence-electron chi connectivity index (χ3n) is 4.25. The van der Waals surface area contributed by atoms with Crippen LogP contribution in [0.4, 0.5) is 0 Å². The van der Waals surface area contributed by atoms with Crippen LogP contribution in [0.25, 0.3) is 0 Å². The molecule has 0 amide bonds. The van der Waals surface area contributed by atoms with E-state index in [-0.39, 0.29) is 5.60 Å². The second kappa shape index (κ2) is 6.72. The summed E-state index contributed by atoms with van der Waals surface area (Å²) in [6, 6.07) is 1.19. The van der Waals surface area contributed by atoms with Crippen molar-refractivity contribution in [1.82, 2.24) is 10.2 Å². The molecule has 1 fully saturated rings. The van der Waals surface area contributed by atoms with Crippen molar-refractivity contribution < 1.29 is 4.74 Å². The van der Waals surface area contributed by atoms with Crippen LogP contribution in [0.5, 0.6) is 0 Å². The number of piperidine rings is 1. The van der Waals surface area contributed by atoms with Gasteiger partial charge in [-0.05, 0) is 46.2 Å². The summed E-state index contributed by atoms with van der Waals surface area (Å²) < 4.78 is 5.67. The molecule has 0 radical (unpaired) electrons. The van der Waals surface area contributed by atoms with Crippen molar-refractivity contribution in [2.24, 2.45) is 0 Å². The lowest BCUT2D eigenvalue weighted by Crippen LogP contribution is -2.56. The van der Waals surface area contributed by atoms with Crippen LogP contribution in [0.2, 0.25) is 0 Å². The van der Waals surface area contributed by atoms with Gasteiger partial charge in [-0.15, -0.1) is 0 Å².